The standard InChI is InChI=1S/C29H35N5O5/c1-18-15-19(22-7-5-6-8-25(22)30-18)17-39-21-11-9-20(10-12-21)31-26(35)23-13-14-34(16-24(23)27(36)33-38)28(37)32-29(2,3)4/h5-12,15,23-24,38H,13-14,16-17H2,1-4H3,(H,31,35)(H,32,37)(H,33,36)/t23?,24-/m0/s1. The number of hydroxylamine groups is 1. The smallest absolute Gasteiger partial charge is 0.317 e. The van der Waals surface area contributed by atoms with Gasteiger partial charge in [0.2, 0.25) is 11.8 Å². The van der Waals surface area contributed by atoms with Crippen LogP contribution in [0.25, 0.3) is 10.9 Å². The van der Waals surface area contributed by atoms with Crippen LogP contribution in [0, 0.1) is 18.8 Å². The van der Waals surface area contributed by atoms with Crippen LogP contribution in [0.2, 0.25) is 0 Å². The molecule has 4 N–H and O–H groups in total. The number of fused-ring (bicyclic) bond motifs is 1. The van der Waals surface area contributed by atoms with E-state index in [0.29, 0.717) is 24.6 Å². The minimum absolute atomic E-state index is 0.0162. The van der Waals surface area contributed by atoms with Gasteiger partial charge in [-0.1, -0.05) is 18.2 Å². The molecular weight excluding hydrogens is 498 g/mol. The van der Waals surface area contributed by atoms with Crippen molar-refractivity contribution >= 4 is 34.4 Å². The maximum absolute atomic E-state index is 13.1. The number of rotatable bonds is 6. The lowest BCUT2D eigenvalue weighted by atomic mass is 9.84. The molecule has 3 aromatic rings. The Kier molecular flexibility index (Phi) is 8.35. The summed E-state index contributed by atoms with van der Waals surface area (Å²) in [4.78, 5) is 44.2. The van der Waals surface area contributed by atoms with Crippen molar-refractivity contribution in [2.75, 3.05) is 18.4 Å². The lowest BCUT2D eigenvalue weighted by molar-refractivity contribution is -0.141. The number of ether oxygens (including phenoxy) is 1. The van der Waals surface area contributed by atoms with Crippen molar-refractivity contribution in [3.8, 4) is 5.75 Å². The Balaban J connectivity index is 1.38. The summed E-state index contributed by atoms with van der Waals surface area (Å²) in [5, 5.41) is 16.0. The number of benzene rings is 2. The summed E-state index contributed by atoms with van der Waals surface area (Å²) < 4.78 is 6.00. The molecule has 1 aromatic heterocycles. The number of aryl methyl sites for hydroxylation is 1. The Morgan fingerprint density at radius 1 is 1.05 bits per heavy atom. The van der Waals surface area contributed by atoms with Crippen molar-refractivity contribution in [1.82, 2.24) is 20.7 Å². The van der Waals surface area contributed by atoms with Crippen molar-refractivity contribution < 1.29 is 24.3 Å². The van der Waals surface area contributed by atoms with Crippen LogP contribution in [0.5, 0.6) is 5.75 Å². The fourth-order valence-electron chi connectivity index (χ4n) is 4.74. The number of pyridine rings is 1. The van der Waals surface area contributed by atoms with Crippen LogP contribution in [0.15, 0.2) is 54.6 Å². The Labute approximate surface area is 227 Å². The van der Waals surface area contributed by atoms with E-state index in [4.69, 9.17) is 4.74 Å². The summed E-state index contributed by atoms with van der Waals surface area (Å²) in [6.07, 6.45) is 0.280. The topological polar surface area (TPSA) is 133 Å². The highest BCUT2D eigenvalue weighted by Crippen LogP contribution is 2.27. The van der Waals surface area contributed by atoms with Gasteiger partial charge in [0.05, 0.1) is 17.4 Å². The number of likely N-dealkylation sites (tertiary alicyclic amines) is 1. The number of carbonyl (C=O) groups is 3. The molecule has 2 aromatic carbocycles. The van der Waals surface area contributed by atoms with Crippen LogP contribution in [-0.2, 0) is 16.2 Å². The van der Waals surface area contributed by atoms with Crippen LogP contribution in [0.3, 0.4) is 0 Å². The largest absolute Gasteiger partial charge is 0.489 e. The van der Waals surface area contributed by atoms with E-state index in [9.17, 15) is 19.6 Å². The Hall–Kier alpha value is -4.18. The fraction of sp³-hybridized carbons (Fsp3) is 0.379. The third-order valence-corrected chi connectivity index (χ3v) is 6.61. The maximum atomic E-state index is 13.1. The number of amides is 4. The van der Waals surface area contributed by atoms with Gasteiger partial charge >= 0.3 is 6.03 Å². The molecule has 4 amide bonds. The summed E-state index contributed by atoms with van der Waals surface area (Å²) in [6.45, 7) is 8.24. The zero-order valence-corrected chi connectivity index (χ0v) is 22.7. The second-order valence-electron chi connectivity index (χ2n) is 10.8. The van der Waals surface area contributed by atoms with Gasteiger partial charge < -0.3 is 20.3 Å². The Bertz CT molecular complexity index is 1350. The third kappa shape index (κ3) is 7.02. The van der Waals surface area contributed by atoms with Gasteiger partial charge in [0.1, 0.15) is 12.4 Å². The van der Waals surface area contributed by atoms with Crippen LogP contribution in [-0.4, -0.2) is 51.6 Å². The molecule has 1 fully saturated rings. The molecule has 0 saturated carbocycles. The first-order valence-corrected chi connectivity index (χ1v) is 12.9. The summed E-state index contributed by atoms with van der Waals surface area (Å²) in [7, 11) is 0. The van der Waals surface area contributed by atoms with Crippen LogP contribution in [0.1, 0.15) is 38.4 Å². The zero-order chi connectivity index (χ0) is 28.2. The first kappa shape index (κ1) is 27.8. The van der Waals surface area contributed by atoms with E-state index in [1.54, 1.807) is 29.7 Å². The summed E-state index contributed by atoms with van der Waals surface area (Å²) >= 11 is 0. The predicted molar refractivity (Wildman–Crippen MR) is 147 cm³/mol. The highest BCUT2D eigenvalue weighted by atomic mass is 16.5. The molecule has 2 heterocycles. The van der Waals surface area contributed by atoms with Crippen LogP contribution >= 0.6 is 0 Å². The highest BCUT2D eigenvalue weighted by Gasteiger charge is 2.40. The molecule has 0 spiro atoms. The molecule has 0 bridgehead atoms. The van der Waals surface area contributed by atoms with Crippen LogP contribution in [0.4, 0.5) is 10.5 Å². The van der Waals surface area contributed by atoms with Gasteiger partial charge in [0.15, 0.2) is 0 Å². The molecule has 2 atom stereocenters. The number of nitrogens with one attached hydrogen (secondary N) is 3. The number of carbonyl (C=O) groups excluding carboxylic acids is 3. The molecule has 39 heavy (non-hydrogen) atoms. The number of hydrogen-bond donors (Lipinski definition) is 4. The quantitative estimate of drug-likeness (QED) is 0.280. The van der Waals surface area contributed by atoms with E-state index in [1.165, 1.54) is 4.90 Å². The fourth-order valence-corrected chi connectivity index (χ4v) is 4.74. The summed E-state index contributed by atoms with van der Waals surface area (Å²) in [6, 6.07) is 16.6. The van der Waals surface area contributed by atoms with Crippen molar-refractivity contribution in [1.29, 1.82) is 0 Å². The van der Waals surface area contributed by atoms with Crippen molar-refractivity contribution in [3.63, 3.8) is 0 Å². The molecule has 206 valence electrons. The van der Waals surface area contributed by atoms with Gasteiger partial charge in [-0.2, -0.15) is 0 Å². The summed E-state index contributed by atoms with van der Waals surface area (Å²) in [5.74, 6) is -2.02. The average molecular weight is 534 g/mol. The van der Waals surface area contributed by atoms with Crippen molar-refractivity contribution in [2.45, 2.75) is 46.3 Å². The van der Waals surface area contributed by atoms with Gasteiger partial charge in [-0.25, -0.2) is 10.3 Å². The molecule has 10 nitrogen and oxygen atoms in total. The number of hydrogen-bond acceptors (Lipinski definition) is 6. The normalized spacial score (nSPS) is 17.4. The second kappa shape index (κ2) is 11.7. The Morgan fingerprint density at radius 3 is 2.46 bits per heavy atom. The minimum atomic E-state index is -0.893. The molecule has 1 aliphatic rings. The summed E-state index contributed by atoms with van der Waals surface area (Å²) in [5.41, 5.74) is 4.62. The number of nitrogens with zero attached hydrogens (tertiary/aromatic N) is 2. The van der Waals surface area contributed by atoms with E-state index >= 15 is 0 Å². The number of aromatic nitrogens is 1. The predicted octanol–water partition coefficient (Wildman–Crippen LogP) is 4.01. The van der Waals surface area contributed by atoms with E-state index < -0.39 is 23.3 Å². The van der Waals surface area contributed by atoms with Gasteiger partial charge in [-0.3, -0.25) is 19.8 Å². The number of para-hydroxylation sites is 1. The molecule has 1 unspecified atom stereocenters. The molecular formula is C29H35N5O5. The van der Waals surface area contributed by atoms with Gasteiger partial charge in [-0.15, -0.1) is 0 Å². The van der Waals surface area contributed by atoms with Crippen LogP contribution < -0.4 is 20.9 Å². The lowest BCUT2D eigenvalue weighted by Gasteiger charge is -2.37. The number of piperidine rings is 1. The van der Waals surface area contributed by atoms with Crippen molar-refractivity contribution in [3.05, 3.63) is 65.9 Å². The third-order valence-electron chi connectivity index (χ3n) is 6.61. The first-order valence-electron chi connectivity index (χ1n) is 12.9. The number of anilines is 1. The molecule has 0 radical (unpaired) electrons. The average Bonchev–Trinajstić information content (AvgIpc) is 2.90. The maximum Gasteiger partial charge on any atom is 0.317 e. The van der Waals surface area contributed by atoms with Gasteiger partial charge in [0, 0.05) is 41.0 Å². The molecule has 4 rings (SSSR count). The van der Waals surface area contributed by atoms with E-state index in [1.807, 2.05) is 58.0 Å². The molecule has 1 aliphatic heterocycles. The number of urea groups is 1. The SMILES string of the molecule is Cc1cc(COc2ccc(NC(=O)C3CCN(C(=O)NC(C)(C)C)C[C@@H]3C(=O)NO)cc2)c2ccccc2n1. The molecule has 10 heteroatoms. The van der Waals surface area contributed by atoms with Crippen molar-refractivity contribution in [2.24, 2.45) is 11.8 Å². The van der Waals surface area contributed by atoms with E-state index in [2.05, 4.69) is 15.6 Å². The van der Waals surface area contributed by atoms with Gasteiger partial charge in [-0.05, 0) is 70.5 Å². The Morgan fingerprint density at radius 2 is 1.77 bits per heavy atom. The van der Waals surface area contributed by atoms with Gasteiger partial charge in [0.25, 0.3) is 0 Å². The molecule has 0 aliphatic carbocycles. The first-order chi connectivity index (χ1) is 18.5. The highest BCUT2D eigenvalue weighted by molar-refractivity contribution is 5.96. The monoisotopic (exact) mass is 533 g/mol. The zero-order valence-electron chi connectivity index (χ0n) is 22.7. The second-order valence-corrected chi connectivity index (χ2v) is 10.8. The lowest BCUT2D eigenvalue weighted by Crippen LogP contribution is -2.56. The van der Waals surface area contributed by atoms with E-state index in [-0.39, 0.29) is 24.9 Å². The molecule has 1 saturated heterocycles. The minimum Gasteiger partial charge on any atom is -0.489 e. The van der Waals surface area contributed by atoms with E-state index in [0.717, 1.165) is 22.2 Å².